The van der Waals surface area contributed by atoms with Crippen LogP contribution in [0.15, 0.2) is 59.6 Å². The summed E-state index contributed by atoms with van der Waals surface area (Å²) in [4.78, 5) is 9.71. The molecule has 0 radical (unpaired) electrons. The van der Waals surface area contributed by atoms with E-state index in [4.69, 9.17) is 14.5 Å². The number of anilines is 3. The van der Waals surface area contributed by atoms with Crippen molar-refractivity contribution in [2.24, 2.45) is 0 Å². The third kappa shape index (κ3) is 5.14. The molecule has 8 heteroatoms. The van der Waals surface area contributed by atoms with E-state index in [9.17, 15) is 4.21 Å². The first-order valence-electron chi connectivity index (χ1n) is 10.4. The molecular weight excluding hydrogens is 410 g/mol. The summed E-state index contributed by atoms with van der Waals surface area (Å²) in [6.45, 7) is 4.67. The van der Waals surface area contributed by atoms with Crippen LogP contribution in [-0.2, 0) is 9.73 Å². The summed E-state index contributed by atoms with van der Waals surface area (Å²) >= 11 is 0. The first-order valence-corrected chi connectivity index (χ1v) is 12.1. The maximum atomic E-state index is 12.8. The topological polar surface area (TPSA) is 100.0 Å². The number of nitrogens with zero attached hydrogens (tertiary/aromatic N) is 2. The number of fused-ring (bicyclic) bond motifs is 4. The molecular formula is C23H27N5O2S. The van der Waals surface area contributed by atoms with E-state index in [2.05, 4.69) is 15.6 Å². The molecule has 4 rings (SSSR count). The summed E-state index contributed by atoms with van der Waals surface area (Å²) in [5.41, 5.74) is 2.60. The van der Waals surface area contributed by atoms with Gasteiger partial charge in [0.15, 0.2) is 0 Å². The second-order valence-electron chi connectivity index (χ2n) is 7.81. The number of rotatable bonds is 3. The number of aromatic nitrogens is 2. The molecule has 0 spiro atoms. The first-order chi connectivity index (χ1) is 14.9. The van der Waals surface area contributed by atoms with Gasteiger partial charge in [0, 0.05) is 34.6 Å². The summed E-state index contributed by atoms with van der Waals surface area (Å²) in [5, 5.41) is 6.57. The van der Waals surface area contributed by atoms with Crippen molar-refractivity contribution in [3.05, 3.63) is 54.7 Å². The van der Waals surface area contributed by atoms with Gasteiger partial charge < -0.3 is 15.4 Å². The fraction of sp³-hybridized carbons (Fsp3) is 0.304. The molecule has 0 fully saturated rings. The second-order valence-corrected chi connectivity index (χ2v) is 10.0. The van der Waals surface area contributed by atoms with Crippen LogP contribution in [0.2, 0.25) is 0 Å². The highest BCUT2D eigenvalue weighted by Crippen LogP contribution is 2.30. The quantitative estimate of drug-likeness (QED) is 0.515. The Bertz CT molecular complexity index is 1160. The molecule has 1 aromatic heterocycles. The van der Waals surface area contributed by atoms with Gasteiger partial charge >= 0.3 is 0 Å². The van der Waals surface area contributed by atoms with E-state index in [1.807, 2.05) is 44.2 Å². The summed E-state index contributed by atoms with van der Waals surface area (Å²) in [6.07, 6.45) is 3.41. The molecule has 2 aromatic carbocycles. The highest BCUT2D eigenvalue weighted by Gasteiger charge is 2.14. The van der Waals surface area contributed by atoms with Crippen LogP contribution >= 0.6 is 0 Å². The minimum Gasteiger partial charge on any atom is -0.491 e. The van der Waals surface area contributed by atoms with Crippen molar-refractivity contribution < 1.29 is 8.95 Å². The summed E-state index contributed by atoms with van der Waals surface area (Å²) in [5.74, 6) is 2.34. The Morgan fingerprint density at radius 1 is 1.13 bits per heavy atom. The molecule has 4 bridgehead atoms. The molecule has 31 heavy (non-hydrogen) atoms. The fourth-order valence-corrected chi connectivity index (χ4v) is 4.90. The summed E-state index contributed by atoms with van der Waals surface area (Å²) < 4.78 is 26.9. The molecule has 2 heterocycles. The van der Waals surface area contributed by atoms with E-state index in [-0.39, 0.29) is 6.10 Å². The normalized spacial score (nSPS) is 18.7. The Morgan fingerprint density at radius 3 is 2.71 bits per heavy atom. The number of hydrogen-bond donors (Lipinski definition) is 3. The van der Waals surface area contributed by atoms with Crippen molar-refractivity contribution in [3.8, 4) is 16.9 Å². The van der Waals surface area contributed by atoms with Crippen LogP contribution in [0.5, 0.6) is 5.75 Å². The lowest BCUT2D eigenvalue weighted by molar-refractivity contribution is 0.242. The minimum absolute atomic E-state index is 0.122. The molecule has 1 aliphatic rings. The molecule has 1 aliphatic heterocycles. The average Bonchev–Trinajstić information content (AvgIpc) is 2.74. The molecule has 0 saturated heterocycles. The molecule has 162 valence electrons. The Hall–Kier alpha value is -3.13. The Morgan fingerprint density at radius 2 is 1.94 bits per heavy atom. The zero-order chi connectivity index (χ0) is 21.8. The molecule has 7 nitrogen and oxygen atoms in total. The highest BCUT2D eigenvalue weighted by molar-refractivity contribution is 7.92. The predicted octanol–water partition coefficient (Wildman–Crippen LogP) is 5.29. The van der Waals surface area contributed by atoms with E-state index in [1.54, 1.807) is 24.4 Å². The summed E-state index contributed by atoms with van der Waals surface area (Å²) in [6, 6.07) is 15.1. The van der Waals surface area contributed by atoms with E-state index >= 15 is 0 Å². The molecule has 1 atom stereocenters. The van der Waals surface area contributed by atoms with Crippen LogP contribution in [0.25, 0.3) is 11.1 Å². The lowest BCUT2D eigenvalue weighted by Gasteiger charge is -2.14. The van der Waals surface area contributed by atoms with Crippen LogP contribution in [0, 0.1) is 4.78 Å². The van der Waals surface area contributed by atoms with E-state index in [0.29, 0.717) is 35.2 Å². The molecule has 0 saturated carbocycles. The van der Waals surface area contributed by atoms with Crippen LogP contribution in [0.1, 0.15) is 26.7 Å². The SMILES string of the molecule is CC(C)Oc1ccc(-c2cnc3nc2NCCCCS(=N)(=O)c2cccc(c2)N3)cc1. The van der Waals surface area contributed by atoms with Crippen molar-refractivity contribution in [1.29, 1.82) is 4.78 Å². The largest absolute Gasteiger partial charge is 0.491 e. The van der Waals surface area contributed by atoms with Gasteiger partial charge in [0.1, 0.15) is 11.6 Å². The summed E-state index contributed by atoms with van der Waals surface area (Å²) in [7, 11) is -2.82. The fourth-order valence-electron chi connectivity index (χ4n) is 3.44. The lowest BCUT2D eigenvalue weighted by Crippen LogP contribution is -2.09. The molecule has 3 N–H and O–H groups in total. The van der Waals surface area contributed by atoms with Crippen LogP contribution in [0.3, 0.4) is 0 Å². The third-order valence-corrected chi connectivity index (χ3v) is 6.83. The second kappa shape index (κ2) is 8.93. The highest BCUT2D eigenvalue weighted by atomic mass is 32.2. The number of nitrogens with one attached hydrogen (secondary N) is 3. The number of benzene rings is 2. The van der Waals surface area contributed by atoms with E-state index in [0.717, 1.165) is 29.1 Å². The van der Waals surface area contributed by atoms with Gasteiger partial charge in [-0.3, -0.25) is 0 Å². The standard InChI is InChI=1S/C23H27N5O2S/c1-16(2)30-19-10-8-17(9-11-19)21-15-26-23-27-18-6-5-7-20(14-18)31(24,29)13-4-3-12-25-22(21)28-23/h5-11,14-16,24H,3-4,12-13H2,1-2H3,(H2,25,26,27,28). The van der Waals surface area contributed by atoms with Gasteiger partial charge in [-0.05, 0) is 62.6 Å². The van der Waals surface area contributed by atoms with Gasteiger partial charge in [-0.2, -0.15) is 4.98 Å². The van der Waals surface area contributed by atoms with Gasteiger partial charge in [0.05, 0.1) is 15.8 Å². The van der Waals surface area contributed by atoms with Crippen LogP contribution in [0.4, 0.5) is 17.5 Å². The van der Waals surface area contributed by atoms with Gasteiger partial charge in [-0.1, -0.05) is 18.2 Å². The van der Waals surface area contributed by atoms with Crippen molar-refractivity contribution in [2.45, 2.75) is 37.7 Å². The minimum atomic E-state index is -2.82. The Balaban J connectivity index is 1.67. The van der Waals surface area contributed by atoms with Crippen molar-refractivity contribution >= 4 is 27.2 Å². The molecule has 3 aromatic rings. The number of ether oxygens (including phenoxy) is 1. The zero-order valence-electron chi connectivity index (χ0n) is 17.7. The molecule has 0 amide bonds. The third-order valence-electron chi connectivity index (χ3n) is 4.95. The van der Waals surface area contributed by atoms with E-state index < -0.39 is 9.73 Å². The van der Waals surface area contributed by atoms with Crippen molar-refractivity contribution in [2.75, 3.05) is 22.9 Å². The van der Waals surface area contributed by atoms with Crippen molar-refractivity contribution in [3.63, 3.8) is 0 Å². The maximum absolute atomic E-state index is 12.8. The van der Waals surface area contributed by atoms with E-state index in [1.165, 1.54) is 0 Å². The number of hydrogen-bond acceptors (Lipinski definition) is 7. The Labute approximate surface area is 183 Å². The Kier molecular flexibility index (Phi) is 6.08. The van der Waals surface area contributed by atoms with Gasteiger partial charge in [-0.15, -0.1) is 0 Å². The average molecular weight is 438 g/mol. The maximum Gasteiger partial charge on any atom is 0.229 e. The van der Waals surface area contributed by atoms with Gasteiger partial charge in [0.25, 0.3) is 0 Å². The monoisotopic (exact) mass is 437 g/mol. The molecule has 0 aliphatic carbocycles. The zero-order valence-corrected chi connectivity index (χ0v) is 18.5. The van der Waals surface area contributed by atoms with Crippen molar-refractivity contribution in [1.82, 2.24) is 9.97 Å². The predicted molar refractivity (Wildman–Crippen MR) is 125 cm³/mol. The van der Waals surface area contributed by atoms with Crippen LogP contribution < -0.4 is 15.4 Å². The van der Waals surface area contributed by atoms with Crippen LogP contribution in [-0.4, -0.2) is 32.6 Å². The smallest absolute Gasteiger partial charge is 0.229 e. The van der Waals surface area contributed by atoms with Gasteiger partial charge in [-0.25, -0.2) is 14.0 Å². The lowest BCUT2D eigenvalue weighted by atomic mass is 10.1. The van der Waals surface area contributed by atoms with Gasteiger partial charge in [0.2, 0.25) is 5.95 Å². The first kappa shape index (κ1) is 21.1. The molecule has 1 unspecified atom stereocenters.